The third kappa shape index (κ3) is 5.27. The number of likely N-dealkylation sites (N-methyl/N-ethyl adjacent to an activating group) is 1. The van der Waals surface area contributed by atoms with Gasteiger partial charge in [0.2, 0.25) is 0 Å². The van der Waals surface area contributed by atoms with Crippen molar-refractivity contribution in [3.63, 3.8) is 0 Å². The van der Waals surface area contributed by atoms with Crippen LogP contribution in [0.4, 0.5) is 4.39 Å². The molecule has 2 N–H and O–H groups in total. The Kier molecular flexibility index (Phi) is 5.31. The third-order valence-electron chi connectivity index (χ3n) is 3.45. The molecule has 1 saturated carbocycles. The van der Waals surface area contributed by atoms with Crippen LogP contribution in [0.15, 0.2) is 24.3 Å². The highest BCUT2D eigenvalue weighted by molar-refractivity contribution is 5.20. The molecular weight excluding hydrogens is 243 g/mol. The van der Waals surface area contributed by atoms with Gasteiger partial charge in [-0.1, -0.05) is 12.1 Å². The second kappa shape index (κ2) is 6.98. The molecule has 3 nitrogen and oxygen atoms in total. The highest BCUT2D eigenvalue weighted by atomic mass is 19.1. The molecule has 1 aromatic rings. The molecule has 106 valence electrons. The van der Waals surface area contributed by atoms with Crippen molar-refractivity contribution in [3.8, 4) is 0 Å². The van der Waals surface area contributed by atoms with Crippen molar-refractivity contribution >= 4 is 0 Å². The number of nitrogens with two attached hydrogens (primary N) is 1. The van der Waals surface area contributed by atoms with Crippen molar-refractivity contribution in [2.24, 2.45) is 11.7 Å². The minimum atomic E-state index is -0.233. The van der Waals surface area contributed by atoms with E-state index in [1.54, 1.807) is 6.07 Å². The molecule has 0 radical (unpaired) electrons. The second-order valence-electron chi connectivity index (χ2n) is 5.44. The Morgan fingerprint density at radius 3 is 2.95 bits per heavy atom. The van der Waals surface area contributed by atoms with Crippen molar-refractivity contribution in [2.75, 3.05) is 33.4 Å². The van der Waals surface area contributed by atoms with Crippen molar-refractivity contribution in [1.82, 2.24) is 4.90 Å². The van der Waals surface area contributed by atoms with Crippen LogP contribution in [0.5, 0.6) is 0 Å². The van der Waals surface area contributed by atoms with Crippen molar-refractivity contribution in [3.05, 3.63) is 35.6 Å². The predicted octanol–water partition coefficient (Wildman–Crippen LogP) is 2.18. The summed E-state index contributed by atoms with van der Waals surface area (Å²) >= 11 is 0. The summed E-state index contributed by atoms with van der Waals surface area (Å²) < 4.78 is 18.7. The largest absolute Gasteiger partial charge is 0.380 e. The molecule has 1 aliphatic carbocycles. The van der Waals surface area contributed by atoms with E-state index in [1.807, 2.05) is 13.1 Å². The number of hydrogen-bond donors (Lipinski definition) is 1. The fraction of sp³-hybridized carbons (Fsp3) is 0.600. The zero-order valence-corrected chi connectivity index (χ0v) is 11.5. The Balaban J connectivity index is 1.66. The minimum absolute atomic E-state index is 0.163. The van der Waals surface area contributed by atoms with Gasteiger partial charge in [-0.25, -0.2) is 4.39 Å². The Bertz CT molecular complexity index is 395. The first-order chi connectivity index (χ1) is 9.15. The lowest BCUT2D eigenvalue weighted by Crippen LogP contribution is -2.31. The first-order valence-electron chi connectivity index (χ1n) is 6.92. The molecule has 1 unspecified atom stereocenters. The van der Waals surface area contributed by atoms with E-state index >= 15 is 0 Å². The molecular formula is C15H23FN2O. The Morgan fingerprint density at radius 2 is 2.26 bits per heavy atom. The summed E-state index contributed by atoms with van der Waals surface area (Å²) in [5, 5.41) is 0. The van der Waals surface area contributed by atoms with Gasteiger partial charge in [0.1, 0.15) is 5.82 Å². The smallest absolute Gasteiger partial charge is 0.123 e. The fourth-order valence-electron chi connectivity index (χ4n) is 2.02. The number of hydrogen-bond acceptors (Lipinski definition) is 3. The maximum absolute atomic E-state index is 13.1. The molecule has 0 heterocycles. The minimum Gasteiger partial charge on any atom is -0.380 e. The van der Waals surface area contributed by atoms with Crippen LogP contribution in [0.3, 0.4) is 0 Å². The summed E-state index contributed by atoms with van der Waals surface area (Å²) in [4.78, 5) is 2.13. The van der Waals surface area contributed by atoms with E-state index in [0.29, 0.717) is 6.54 Å². The zero-order chi connectivity index (χ0) is 13.7. The molecule has 4 heteroatoms. The molecule has 0 amide bonds. The molecule has 1 aliphatic rings. The number of ether oxygens (including phenoxy) is 1. The molecule has 1 aromatic carbocycles. The van der Waals surface area contributed by atoms with Crippen molar-refractivity contribution < 1.29 is 9.13 Å². The molecule has 0 bridgehead atoms. The summed E-state index contributed by atoms with van der Waals surface area (Å²) in [6.45, 7) is 3.19. The topological polar surface area (TPSA) is 38.5 Å². The first-order valence-corrected chi connectivity index (χ1v) is 6.92. The van der Waals surface area contributed by atoms with Crippen LogP contribution in [-0.4, -0.2) is 38.3 Å². The van der Waals surface area contributed by atoms with E-state index in [2.05, 4.69) is 4.90 Å². The first kappa shape index (κ1) is 14.4. The number of benzene rings is 1. The van der Waals surface area contributed by atoms with Gasteiger partial charge >= 0.3 is 0 Å². The Labute approximate surface area is 114 Å². The normalized spacial score (nSPS) is 16.8. The number of rotatable bonds is 8. The average molecular weight is 266 g/mol. The van der Waals surface area contributed by atoms with Gasteiger partial charge in [-0.15, -0.1) is 0 Å². The highest BCUT2D eigenvalue weighted by Crippen LogP contribution is 2.28. The van der Waals surface area contributed by atoms with E-state index in [-0.39, 0.29) is 11.9 Å². The van der Waals surface area contributed by atoms with Crippen LogP contribution < -0.4 is 5.73 Å². The molecule has 19 heavy (non-hydrogen) atoms. The SMILES string of the molecule is CN(CCOCC1CC1)CC(N)c1cccc(F)c1. The third-order valence-corrected chi connectivity index (χ3v) is 3.45. The summed E-state index contributed by atoms with van der Waals surface area (Å²) in [6.07, 6.45) is 2.64. The van der Waals surface area contributed by atoms with E-state index in [4.69, 9.17) is 10.5 Å². The summed E-state index contributed by atoms with van der Waals surface area (Å²) in [6, 6.07) is 6.34. The molecule has 0 spiro atoms. The molecule has 1 fully saturated rings. The number of halogens is 1. The van der Waals surface area contributed by atoms with Gasteiger partial charge < -0.3 is 15.4 Å². The molecule has 0 aromatic heterocycles. The maximum atomic E-state index is 13.1. The van der Waals surface area contributed by atoms with Crippen LogP contribution in [0, 0.1) is 11.7 Å². The van der Waals surface area contributed by atoms with Crippen LogP contribution in [0.25, 0.3) is 0 Å². The zero-order valence-electron chi connectivity index (χ0n) is 11.5. The van der Waals surface area contributed by atoms with E-state index < -0.39 is 0 Å². The van der Waals surface area contributed by atoms with Gasteiger partial charge in [-0.05, 0) is 43.5 Å². The summed E-state index contributed by atoms with van der Waals surface area (Å²) in [5.41, 5.74) is 6.92. The van der Waals surface area contributed by atoms with Gasteiger partial charge in [0, 0.05) is 25.7 Å². The molecule has 2 rings (SSSR count). The average Bonchev–Trinajstić information content (AvgIpc) is 3.18. The van der Waals surface area contributed by atoms with E-state index in [9.17, 15) is 4.39 Å². The summed E-state index contributed by atoms with van der Waals surface area (Å²) in [5.74, 6) is 0.572. The standard InChI is InChI=1S/C15H23FN2O/c1-18(7-8-19-11-12-5-6-12)10-15(17)13-3-2-4-14(16)9-13/h2-4,9,12,15H,5-8,10-11,17H2,1H3. The van der Waals surface area contributed by atoms with Crippen LogP contribution in [-0.2, 0) is 4.74 Å². The molecule has 0 aliphatic heterocycles. The lowest BCUT2D eigenvalue weighted by Gasteiger charge is -2.21. The Hall–Kier alpha value is -0.970. The quantitative estimate of drug-likeness (QED) is 0.733. The Morgan fingerprint density at radius 1 is 1.47 bits per heavy atom. The second-order valence-corrected chi connectivity index (χ2v) is 5.44. The van der Waals surface area contributed by atoms with Crippen LogP contribution in [0.2, 0.25) is 0 Å². The number of nitrogens with zero attached hydrogens (tertiary/aromatic N) is 1. The fourth-order valence-corrected chi connectivity index (χ4v) is 2.02. The van der Waals surface area contributed by atoms with E-state index in [0.717, 1.165) is 31.2 Å². The van der Waals surface area contributed by atoms with E-state index in [1.165, 1.54) is 25.0 Å². The van der Waals surface area contributed by atoms with Crippen molar-refractivity contribution in [2.45, 2.75) is 18.9 Å². The monoisotopic (exact) mass is 266 g/mol. The van der Waals surface area contributed by atoms with Crippen molar-refractivity contribution in [1.29, 1.82) is 0 Å². The molecule has 1 atom stereocenters. The molecule has 0 saturated heterocycles. The van der Waals surface area contributed by atoms with Gasteiger partial charge in [0.15, 0.2) is 0 Å². The lowest BCUT2D eigenvalue weighted by molar-refractivity contribution is 0.102. The van der Waals surface area contributed by atoms with Gasteiger partial charge in [0.05, 0.1) is 6.61 Å². The lowest BCUT2D eigenvalue weighted by atomic mass is 10.1. The summed E-state index contributed by atoms with van der Waals surface area (Å²) in [7, 11) is 2.01. The predicted molar refractivity (Wildman–Crippen MR) is 74.4 cm³/mol. The highest BCUT2D eigenvalue weighted by Gasteiger charge is 2.21. The van der Waals surface area contributed by atoms with Gasteiger partial charge in [-0.2, -0.15) is 0 Å². The maximum Gasteiger partial charge on any atom is 0.123 e. The van der Waals surface area contributed by atoms with Crippen LogP contribution >= 0.6 is 0 Å². The van der Waals surface area contributed by atoms with Gasteiger partial charge in [0.25, 0.3) is 0 Å². The van der Waals surface area contributed by atoms with Gasteiger partial charge in [-0.3, -0.25) is 0 Å². The van der Waals surface area contributed by atoms with Crippen LogP contribution in [0.1, 0.15) is 24.4 Å².